The first-order valence-electron chi connectivity index (χ1n) is 4.64. The number of rotatable bonds is 3. The Morgan fingerprint density at radius 2 is 2.38 bits per heavy atom. The van der Waals surface area contributed by atoms with E-state index in [9.17, 15) is 4.79 Å². The van der Waals surface area contributed by atoms with Gasteiger partial charge in [-0.1, -0.05) is 12.2 Å². The van der Waals surface area contributed by atoms with Gasteiger partial charge in [0.2, 0.25) is 0 Å². The van der Waals surface area contributed by atoms with Crippen molar-refractivity contribution in [2.45, 2.75) is 6.42 Å². The van der Waals surface area contributed by atoms with E-state index in [2.05, 4.69) is 12.2 Å². The number of hydrogen-bond acceptors (Lipinski definition) is 2. The molecule has 0 aromatic carbocycles. The zero-order chi connectivity index (χ0) is 9.42. The Kier molecular flexibility index (Phi) is 2.12. The van der Waals surface area contributed by atoms with Gasteiger partial charge in [0.1, 0.15) is 0 Å². The molecular formula is C10H14O3. The zero-order valence-electron chi connectivity index (χ0n) is 7.64. The van der Waals surface area contributed by atoms with Gasteiger partial charge >= 0.3 is 5.97 Å². The highest BCUT2D eigenvalue weighted by Crippen LogP contribution is 2.48. The first-order valence-corrected chi connectivity index (χ1v) is 4.64. The van der Waals surface area contributed by atoms with E-state index in [1.165, 1.54) is 0 Å². The van der Waals surface area contributed by atoms with Gasteiger partial charge < -0.3 is 9.84 Å². The van der Waals surface area contributed by atoms with Crippen molar-refractivity contribution < 1.29 is 14.6 Å². The van der Waals surface area contributed by atoms with Crippen LogP contribution in [0.3, 0.4) is 0 Å². The molecular weight excluding hydrogens is 168 g/mol. The van der Waals surface area contributed by atoms with Gasteiger partial charge in [0, 0.05) is 7.11 Å². The highest BCUT2D eigenvalue weighted by atomic mass is 16.5. The van der Waals surface area contributed by atoms with Crippen LogP contribution < -0.4 is 0 Å². The Morgan fingerprint density at radius 1 is 1.62 bits per heavy atom. The first-order chi connectivity index (χ1) is 6.24. The van der Waals surface area contributed by atoms with Crippen LogP contribution in [0.25, 0.3) is 0 Å². The molecule has 1 saturated carbocycles. The third kappa shape index (κ3) is 1.27. The molecule has 2 aliphatic rings. The molecule has 0 aromatic rings. The van der Waals surface area contributed by atoms with E-state index in [1.54, 1.807) is 7.11 Å². The molecule has 0 saturated heterocycles. The van der Waals surface area contributed by atoms with E-state index in [1.807, 2.05) is 0 Å². The number of carboxylic acids is 1. The van der Waals surface area contributed by atoms with Gasteiger partial charge in [-0.15, -0.1) is 0 Å². The molecule has 0 aromatic heterocycles. The summed E-state index contributed by atoms with van der Waals surface area (Å²) >= 11 is 0. The summed E-state index contributed by atoms with van der Waals surface area (Å²) in [6, 6.07) is 0. The summed E-state index contributed by atoms with van der Waals surface area (Å²) in [5.41, 5.74) is 0. The van der Waals surface area contributed by atoms with Crippen LogP contribution >= 0.6 is 0 Å². The van der Waals surface area contributed by atoms with Gasteiger partial charge in [-0.3, -0.25) is 4.79 Å². The van der Waals surface area contributed by atoms with Crippen LogP contribution in [0.15, 0.2) is 12.2 Å². The minimum absolute atomic E-state index is 0.171. The van der Waals surface area contributed by atoms with Crippen molar-refractivity contribution >= 4 is 5.97 Å². The predicted octanol–water partition coefficient (Wildman–Crippen LogP) is 1.16. The van der Waals surface area contributed by atoms with E-state index in [0.29, 0.717) is 18.4 Å². The van der Waals surface area contributed by atoms with Crippen molar-refractivity contribution in [1.82, 2.24) is 0 Å². The molecule has 72 valence electrons. The van der Waals surface area contributed by atoms with Gasteiger partial charge in [0.05, 0.1) is 12.5 Å². The second-order valence-corrected chi connectivity index (χ2v) is 3.93. The maximum atomic E-state index is 10.9. The third-order valence-electron chi connectivity index (χ3n) is 3.29. The number of fused-ring (bicyclic) bond motifs is 2. The van der Waals surface area contributed by atoms with E-state index < -0.39 is 5.97 Å². The molecule has 0 heterocycles. The van der Waals surface area contributed by atoms with E-state index >= 15 is 0 Å². The molecule has 4 unspecified atom stereocenters. The molecule has 0 radical (unpaired) electrons. The van der Waals surface area contributed by atoms with Gasteiger partial charge in [-0.2, -0.15) is 0 Å². The summed E-state index contributed by atoms with van der Waals surface area (Å²) < 4.78 is 5.10. The monoisotopic (exact) mass is 182 g/mol. The molecule has 13 heavy (non-hydrogen) atoms. The van der Waals surface area contributed by atoms with Crippen LogP contribution in [0.2, 0.25) is 0 Å². The molecule has 4 atom stereocenters. The highest BCUT2D eigenvalue weighted by molar-refractivity contribution is 5.71. The molecule has 3 heteroatoms. The number of carboxylic acid groups (broad SMARTS) is 1. The molecule has 3 nitrogen and oxygen atoms in total. The minimum atomic E-state index is -0.655. The van der Waals surface area contributed by atoms with Crippen LogP contribution in [0.4, 0.5) is 0 Å². The standard InChI is InChI=1S/C10H14O3/c1-13-5-9-6-2-3-7(9)8(4-6)10(11)12/h2-3,6-9H,4-5H2,1H3,(H,11,12). The predicted molar refractivity (Wildman–Crippen MR) is 47.2 cm³/mol. The Morgan fingerprint density at radius 3 is 2.92 bits per heavy atom. The van der Waals surface area contributed by atoms with Gasteiger partial charge in [0.25, 0.3) is 0 Å². The normalized spacial score (nSPS) is 41.3. The van der Waals surface area contributed by atoms with Crippen LogP contribution in [0.1, 0.15) is 6.42 Å². The second kappa shape index (κ2) is 3.14. The lowest BCUT2D eigenvalue weighted by atomic mass is 9.91. The van der Waals surface area contributed by atoms with Crippen molar-refractivity contribution in [1.29, 1.82) is 0 Å². The molecule has 2 aliphatic carbocycles. The van der Waals surface area contributed by atoms with Crippen LogP contribution in [-0.4, -0.2) is 24.8 Å². The van der Waals surface area contributed by atoms with E-state index in [0.717, 1.165) is 6.42 Å². The summed E-state index contributed by atoms with van der Waals surface area (Å²) in [6.45, 7) is 0.687. The topological polar surface area (TPSA) is 46.5 Å². The van der Waals surface area contributed by atoms with Crippen LogP contribution in [-0.2, 0) is 9.53 Å². The number of ether oxygens (including phenoxy) is 1. The smallest absolute Gasteiger partial charge is 0.307 e. The fraction of sp³-hybridized carbons (Fsp3) is 0.700. The summed E-state index contributed by atoms with van der Waals surface area (Å²) in [7, 11) is 1.67. The number of aliphatic carboxylic acids is 1. The van der Waals surface area contributed by atoms with Gasteiger partial charge in [-0.25, -0.2) is 0 Å². The highest BCUT2D eigenvalue weighted by Gasteiger charge is 2.47. The number of hydrogen-bond donors (Lipinski definition) is 1. The van der Waals surface area contributed by atoms with Crippen molar-refractivity contribution in [2.24, 2.45) is 23.7 Å². The Hall–Kier alpha value is -0.830. The Labute approximate surface area is 77.4 Å². The van der Waals surface area contributed by atoms with E-state index in [4.69, 9.17) is 9.84 Å². The minimum Gasteiger partial charge on any atom is -0.481 e. The number of carbonyl (C=O) groups is 1. The zero-order valence-corrected chi connectivity index (χ0v) is 7.64. The Balaban J connectivity index is 2.10. The van der Waals surface area contributed by atoms with Crippen LogP contribution in [0.5, 0.6) is 0 Å². The Bertz CT molecular complexity index is 247. The molecule has 0 aliphatic heterocycles. The summed E-state index contributed by atoms with van der Waals surface area (Å²) in [6.07, 6.45) is 5.00. The summed E-state index contributed by atoms with van der Waals surface area (Å²) in [5.74, 6) is 0.229. The lowest BCUT2D eigenvalue weighted by Gasteiger charge is -2.15. The first kappa shape index (κ1) is 8.75. The average molecular weight is 182 g/mol. The maximum absolute atomic E-state index is 10.9. The summed E-state index contributed by atoms with van der Waals surface area (Å²) in [5, 5.41) is 8.95. The summed E-state index contributed by atoms with van der Waals surface area (Å²) in [4.78, 5) is 10.9. The molecule has 0 spiro atoms. The molecule has 2 bridgehead atoms. The SMILES string of the molecule is COCC1C2C=CC1C(C(=O)O)C2. The largest absolute Gasteiger partial charge is 0.481 e. The molecule has 0 amide bonds. The van der Waals surface area contributed by atoms with Crippen molar-refractivity contribution in [3.8, 4) is 0 Å². The molecule has 1 N–H and O–H groups in total. The molecule has 2 rings (SSSR count). The fourth-order valence-corrected chi connectivity index (χ4v) is 2.67. The van der Waals surface area contributed by atoms with Gasteiger partial charge in [-0.05, 0) is 24.2 Å². The molecule has 1 fully saturated rings. The van der Waals surface area contributed by atoms with Gasteiger partial charge in [0.15, 0.2) is 0 Å². The van der Waals surface area contributed by atoms with E-state index in [-0.39, 0.29) is 11.8 Å². The lowest BCUT2D eigenvalue weighted by Crippen LogP contribution is -2.21. The maximum Gasteiger partial charge on any atom is 0.307 e. The van der Waals surface area contributed by atoms with Crippen molar-refractivity contribution in [2.75, 3.05) is 13.7 Å². The lowest BCUT2D eigenvalue weighted by molar-refractivity contribution is -0.142. The van der Waals surface area contributed by atoms with Crippen molar-refractivity contribution in [3.05, 3.63) is 12.2 Å². The quantitative estimate of drug-likeness (QED) is 0.666. The van der Waals surface area contributed by atoms with Crippen molar-refractivity contribution in [3.63, 3.8) is 0 Å². The fourth-order valence-electron chi connectivity index (χ4n) is 2.67. The van der Waals surface area contributed by atoms with Crippen LogP contribution in [0, 0.1) is 23.7 Å². The number of allylic oxidation sites excluding steroid dienone is 2. The second-order valence-electron chi connectivity index (χ2n) is 3.93. The average Bonchev–Trinajstić information content (AvgIpc) is 2.63. The number of methoxy groups -OCH3 is 1. The third-order valence-corrected chi connectivity index (χ3v) is 3.29.